The molecule has 2 rings (SSSR count). The van der Waals surface area contributed by atoms with E-state index in [1.54, 1.807) is 0 Å². The monoisotopic (exact) mass is 276 g/mol. The second-order valence-electron chi connectivity index (χ2n) is 4.69. The van der Waals surface area contributed by atoms with Crippen LogP contribution in [0.3, 0.4) is 0 Å². The number of hydrogen-bond donors (Lipinski definition) is 0. The maximum Gasteiger partial charge on any atom is 0.157 e. The molecule has 3 heteroatoms. The molecule has 3 atom stereocenters. The van der Waals surface area contributed by atoms with Gasteiger partial charge in [0.15, 0.2) is 6.29 Å². The van der Waals surface area contributed by atoms with Crippen LogP contribution < -0.4 is 0 Å². The third-order valence-electron chi connectivity index (χ3n) is 3.48. The van der Waals surface area contributed by atoms with E-state index in [1.807, 2.05) is 0 Å². The normalized spacial score (nSPS) is 35.4. The SMILES string of the molecule is BrCCC1CC1CCOC1CCCCO1. The van der Waals surface area contributed by atoms with Gasteiger partial charge in [0.05, 0.1) is 6.61 Å². The third kappa shape index (κ3) is 4.04. The predicted molar refractivity (Wildman–Crippen MR) is 64.2 cm³/mol. The zero-order chi connectivity index (χ0) is 10.5. The van der Waals surface area contributed by atoms with Crippen molar-refractivity contribution in [3.8, 4) is 0 Å². The number of hydrogen-bond acceptors (Lipinski definition) is 2. The van der Waals surface area contributed by atoms with E-state index in [-0.39, 0.29) is 6.29 Å². The zero-order valence-corrected chi connectivity index (χ0v) is 10.9. The molecule has 88 valence electrons. The predicted octanol–water partition coefficient (Wildman–Crippen LogP) is 3.34. The molecule has 3 unspecified atom stereocenters. The molecule has 15 heavy (non-hydrogen) atoms. The van der Waals surface area contributed by atoms with Crippen LogP contribution in [-0.2, 0) is 9.47 Å². The van der Waals surface area contributed by atoms with Crippen LogP contribution >= 0.6 is 15.9 Å². The molecule has 0 spiro atoms. The van der Waals surface area contributed by atoms with E-state index in [4.69, 9.17) is 9.47 Å². The first-order valence-corrected chi connectivity index (χ1v) is 7.31. The molecule has 0 amide bonds. The summed E-state index contributed by atoms with van der Waals surface area (Å²) >= 11 is 3.50. The topological polar surface area (TPSA) is 18.5 Å². The molecule has 1 saturated carbocycles. The zero-order valence-electron chi connectivity index (χ0n) is 9.29. The summed E-state index contributed by atoms with van der Waals surface area (Å²) in [5.41, 5.74) is 0. The fraction of sp³-hybridized carbons (Fsp3) is 1.00. The van der Waals surface area contributed by atoms with Crippen molar-refractivity contribution in [2.75, 3.05) is 18.5 Å². The Morgan fingerprint density at radius 3 is 2.80 bits per heavy atom. The van der Waals surface area contributed by atoms with Gasteiger partial charge in [-0.3, -0.25) is 0 Å². The van der Waals surface area contributed by atoms with E-state index >= 15 is 0 Å². The van der Waals surface area contributed by atoms with Crippen molar-refractivity contribution in [3.63, 3.8) is 0 Å². The van der Waals surface area contributed by atoms with Crippen LogP contribution in [0.1, 0.15) is 38.5 Å². The summed E-state index contributed by atoms with van der Waals surface area (Å²) in [6.07, 6.45) is 7.65. The molecule has 0 aromatic rings. The minimum atomic E-state index is 0.104. The first kappa shape index (κ1) is 11.9. The highest BCUT2D eigenvalue weighted by Gasteiger charge is 2.35. The van der Waals surface area contributed by atoms with Crippen molar-refractivity contribution < 1.29 is 9.47 Å². The standard InChI is InChI=1S/C12H21BrO2/c13-6-4-10-9-11(10)5-8-15-12-3-1-2-7-14-12/h10-12H,1-9H2. The van der Waals surface area contributed by atoms with Crippen LogP contribution in [0.4, 0.5) is 0 Å². The first-order valence-electron chi connectivity index (χ1n) is 6.19. The van der Waals surface area contributed by atoms with Crippen LogP contribution in [0.5, 0.6) is 0 Å². The van der Waals surface area contributed by atoms with Crippen molar-refractivity contribution >= 4 is 15.9 Å². The van der Waals surface area contributed by atoms with Gasteiger partial charge in [0.25, 0.3) is 0 Å². The highest BCUT2D eigenvalue weighted by molar-refractivity contribution is 9.09. The largest absolute Gasteiger partial charge is 0.353 e. The summed E-state index contributed by atoms with van der Waals surface area (Å²) < 4.78 is 11.3. The lowest BCUT2D eigenvalue weighted by atomic mass is 10.2. The molecule has 0 N–H and O–H groups in total. The highest BCUT2D eigenvalue weighted by Crippen LogP contribution is 2.44. The molecule has 1 aliphatic carbocycles. The molecule has 1 heterocycles. The second kappa shape index (κ2) is 6.21. The van der Waals surface area contributed by atoms with Gasteiger partial charge in [-0.15, -0.1) is 0 Å². The molecule has 2 nitrogen and oxygen atoms in total. The summed E-state index contributed by atoms with van der Waals surface area (Å²) in [6.45, 7) is 1.79. The molecule has 0 bridgehead atoms. The minimum Gasteiger partial charge on any atom is -0.353 e. The summed E-state index contributed by atoms with van der Waals surface area (Å²) in [7, 11) is 0. The van der Waals surface area contributed by atoms with Crippen molar-refractivity contribution in [3.05, 3.63) is 0 Å². The summed E-state index contributed by atoms with van der Waals surface area (Å²) in [5, 5.41) is 1.15. The molecule has 1 aliphatic heterocycles. The van der Waals surface area contributed by atoms with Crippen LogP contribution in [0, 0.1) is 11.8 Å². The lowest BCUT2D eigenvalue weighted by molar-refractivity contribution is -0.163. The molecule has 2 aliphatic rings. The van der Waals surface area contributed by atoms with E-state index in [2.05, 4.69) is 15.9 Å². The van der Waals surface area contributed by atoms with Crippen LogP contribution in [-0.4, -0.2) is 24.8 Å². The van der Waals surface area contributed by atoms with Gasteiger partial charge in [0, 0.05) is 11.9 Å². The average molecular weight is 277 g/mol. The molecular formula is C12H21BrO2. The average Bonchev–Trinajstić information content (AvgIpc) is 2.99. The Bertz CT molecular complexity index is 180. The third-order valence-corrected chi connectivity index (χ3v) is 3.94. The van der Waals surface area contributed by atoms with Crippen molar-refractivity contribution in [1.82, 2.24) is 0 Å². The maximum atomic E-state index is 5.73. The highest BCUT2D eigenvalue weighted by atomic mass is 79.9. The first-order chi connectivity index (χ1) is 7.40. The maximum absolute atomic E-state index is 5.73. The number of alkyl halides is 1. The fourth-order valence-electron chi connectivity index (χ4n) is 2.35. The van der Waals surface area contributed by atoms with Crippen molar-refractivity contribution in [2.24, 2.45) is 11.8 Å². The van der Waals surface area contributed by atoms with E-state index in [1.165, 1.54) is 32.1 Å². The number of halogens is 1. The van der Waals surface area contributed by atoms with E-state index in [0.717, 1.165) is 36.8 Å². The Balaban J connectivity index is 1.48. The Labute approximate surface area is 101 Å². The van der Waals surface area contributed by atoms with Crippen LogP contribution in [0.2, 0.25) is 0 Å². The lowest BCUT2D eigenvalue weighted by Crippen LogP contribution is -2.22. The number of rotatable bonds is 6. The van der Waals surface area contributed by atoms with Gasteiger partial charge >= 0.3 is 0 Å². The Kier molecular flexibility index (Phi) is 4.92. The summed E-state index contributed by atoms with van der Waals surface area (Å²) in [5.74, 6) is 1.91. The molecule has 0 aromatic heterocycles. The van der Waals surface area contributed by atoms with Crippen molar-refractivity contribution in [1.29, 1.82) is 0 Å². The van der Waals surface area contributed by atoms with Crippen molar-refractivity contribution in [2.45, 2.75) is 44.8 Å². The molecular weight excluding hydrogens is 256 g/mol. The Morgan fingerprint density at radius 1 is 1.20 bits per heavy atom. The van der Waals surface area contributed by atoms with Gasteiger partial charge < -0.3 is 9.47 Å². The van der Waals surface area contributed by atoms with Crippen LogP contribution in [0.25, 0.3) is 0 Å². The summed E-state index contributed by atoms with van der Waals surface area (Å²) in [6, 6.07) is 0. The van der Waals surface area contributed by atoms with E-state index in [0.29, 0.717) is 0 Å². The molecule has 2 fully saturated rings. The fourth-order valence-corrected chi connectivity index (χ4v) is 2.94. The van der Waals surface area contributed by atoms with Gasteiger partial charge in [0.1, 0.15) is 0 Å². The van der Waals surface area contributed by atoms with Gasteiger partial charge in [0.2, 0.25) is 0 Å². The van der Waals surface area contributed by atoms with E-state index in [9.17, 15) is 0 Å². The smallest absolute Gasteiger partial charge is 0.157 e. The number of ether oxygens (including phenoxy) is 2. The van der Waals surface area contributed by atoms with Gasteiger partial charge in [-0.25, -0.2) is 0 Å². The molecule has 0 aromatic carbocycles. The van der Waals surface area contributed by atoms with Gasteiger partial charge in [-0.2, -0.15) is 0 Å². The molecule has 0 radical (unpaired) electrons. The Hall–Kier alpha value is 0.400. The quantitative estimate of drug-likeness (QED) is 0.693. The van der Waals surface area contributed by atoms with E-state index < -0.39 is 0 Å². The van der Waals surface area contributed by atoms with Crippen LogP contribution in [0.15, 0.2) is 0 Å². The van der Waals surface area contributed by atoms with Gasteiger partial charge in [-0.1, -0.05) is 15.9 Å². The Morgan fingerprint density at radius 2 is 2.07 bits per heavy atom. The lowest BCUT2D eigenvalue weighted by Gasteiger charge is -2.22. The second-order valence-corrected chi connectivity index (χ2v) is 5.48. The summed E-state index contributed by atoms with van der Waals surface area (Å²) in [4.78, 5) is 0. The van der Waals surface area contributed by atoms with Gasteiger partial charge in [-0.05, 0) is 50.4 Å². The molecule has 1 saturated heterocycles. The minimum absolute atomic E-state index is 0.104.